The van der Waals surface area contributed by atoms with Gasteiger partial charge in [0, 0.05) is 25.5 Å². The van der Waals surface area contributed by atoms with Gasteiger partial charge >= 0.3 is 0 Å². The second-order valence-electron chi connectivity index (χ2n) is 7.01. The maximum atomic E-state index is 5.66. The minimum atomic E-state index is 0.166. The molecular weight excluding hydrogens is 340 g/mol. The van der Waals surface area contributed by atoms with Crippen molar-refractivity contribution in [3.05, 3.63) is 65.0 Å². The lowest BCUT2D eigenvalue weighted by atomic mass is 9.87. The van der Waals surface area contributed by atoms with Crippen molar-refractivity contribution in [2.75, 3.05) is 40.5 Å². The minimum Gasteiger partial charge on any atom is -0.493 e. The van der Waals surface area contributed by atoms with E-state index >= 15 is 0 Å². The molecule has 1 aromatic carbocycles. The first kappa shape index (κ1) is 18.0. The highest BCUT2D eigenvalue weighted by atomic mass is 16.5. The zero-order valence-electron chi connectivity index (χ0n) is 16.0. The Kier molecular flexibility index (Phi) is 5.41. The summed E-state index contributed by atoms with van der Waals surface area (Å²) in [5.41, 5.74) is 5.21. The monoisotopic (exact) mass is 366 g/mol. The van der Waals surface area contributed by atoms with Gasteiger partial charge in [-0.25, -0.2) is 0 Å². The summed E-state index contributed by atoms with van der Waals surface area (Å²) in [7, 11) is 3.38. The molecule has 0 fully saturated rings. The molecule has 5 heteroatoms. The Labute approximate surface area is 160 Å². The standard InChI is InChI=1S/C22H26N2O3/c1-25-20-12-18-7-10-24(14-16-4-3-11-27-15-16)22(17-5-8-23-9-6-17)19(18)13-21(20)26-2/h4-6,8-9,12-13,22H,3,7,10-11,14-15H2,1-2H3/t22-/m0/s1. The summed E-state index contributed by atoms with van der Waals surface area (Å²) < 4.78 is 16.8. The molecule has 0 aliphatic carbocycles. The van der Waals surface area contributed by atoms with Crippen LogP contribution in [0.2, 0.25) is 0 Å². The van der Waals surface area contributed by atoms with Crippen LogP contribution in [0.3, 0.4) is 0 Å². The molecule has 3 heterocycles. The fourth-order valence-corrected chi connectivity index (χ4v) is 4.08. The molecule has 0 N–H and O–H groups in total. The molecule has 0 radical (unpaired) electrons. The van der Waals surface area contributed by atoms with Crippen LogP contribution in [0.4, 0.5) is 0 Å². The van der Waals surface area contributed by atoms with Crippen molar-refractivity contribution < 1.29 is 14.2 Å². The van der Waals surface area contributed by atoms with E-state index < -0.39 is 0 Å². The predicted octanol–water partition coefficient (Wildman–Crippen LogP) is 3.39. The molecule has 2 aromatic rings. The average Bonchev–Trinajstić information content (AvgIpc) is 2.74. The highest BCUT2D eigenvalue weighted by molar-refractivity contribution is 5.51. The lowest BCUT2D eigenvalue weighted by Gasteiger charge is -2.39. The molecule has 27 heavy (non-hydrogen) atoms. The Morgan fingerprint density at radius 1 is 1.15 bits per heavy atom. The molecule has 0 spiro atoms. The Morgan fingerprint density at radius 2 is 1.93 bits per heavy atom. The third-order valence-electron chi connectivity index (χ3n) is 5.38. The van der Waals surface area contributed by atoms with Gasteiger partial charge in [-0.05, 0) is 59.4 Å². The van der Waals surface area contributed by atoms with Crippen LogP contribution in [0.25, 0.3) is 0 Å². The Bertz CT molecular complexity index is 820. The van der Waals surface area contributed by atoms with Crippen molar-refractivity contribution in [2.45, 2.75) is 18.9 Å². The third-order valence-corrected chi connectivity index (χ3v) is 5.38. The van der Waals surface area contributed by atoms with Gasteiger partial charge < -0.3 is 14.2 Å². The number of rotatable bonds is 5. The molecule has 0 bridgehead atoms. The molecule has 2 aliphatic rings. The van der Waals surface area contributed by atoms with Crippen LogP contribution in [0, 0.1) is 0 Å². The quantitative estimate of drug-likeness (QED) is 0.759. The normalized spacial score (nSPS) is 19.9. The first-order valence-electron chi connectivity index (χ1n) is 9.44. The summed E-state index contributed by atoms with van der Waals surface area (Å²) in [5.74, 6) is 1.57. The van der Waals surface area contributed by atoms with Gasteiger partial charge in [0.2, 0.25) is 0 Å². The van der Waals surface area contributed by atoms with Gasteiger partial charge in [0.15, 0.2) is 11.5 Å². The molecule has 0 saturated heterocycles. The molecule has 2 aliphatic heterocycles. The van der Waals surface area contributed by atoms with E-state index in [1.807, 2.05) is 12.4 Å². The first-order chi connectivity index (χ1) is 13.3. The lowest BCUT2D eigenvalue weighted by molar-refractivity contribution is 0.136. The number of hydrogen-bond donors (Lipinski definition) is 0. The van der Waals surface area contributed by atoms with Crippen molar-refractivity contribution in [3.8, 4) is 11.5 Å². The van der Waals surface area contributed by atoms with Gasteiger partial charge in [0.05, 0.1) is 33.5 Å². The van der Waals surface area contributed by atoms with Crippen molar-refractivity contribution >= 4 is 0 Å². The Morgan fingerprint density at radius 3 is 2.63 bits per heavy atom. The van der Waals surface area contributed by atoms with Gasteiger partial charge in [0.25, 0.3) is 0 Å². The molecule has 1 aromatic heterocycles. The topological polar surface area (TPSA) is 43.8 Å². The molecule has 1 atom stereocenters. The zero-order valence-corrected chi connectivity index (χ0v) is 16.0. The molecule has 0 saturated carbocycles. The van der Waals surface area contributed by atoms with Crippen LogP contribution >= 0.6 is 0 Å². The number of pyridine rings is 1. The van der Waals surface area contributed by atoms with E-state index in [1.165, 1.54) is 22.3 Å². The van der Waals surface area contributed by atoms with Gasteiger partial charge in [-0.1, -0.05) is 6.08 Å². The second kappa shape index (κ2) is 8.11. The molecular formula is C22H26N2O3. The van der Waals surface area contributed by atoms with Crippen LogP contribution in [-0.2, 0) is 11.2 Å². The fourth-order valence-electron chi connectivity index (χ4n) is 4.08. The maximum Gasteiger partial charge on any atom is 0.161 e. The van der Waals surface area contributed by atoms with Crippen LogP contribution in [0.1, 0.15) is 29.2 Å². The van der Waals surface area contributed by atoms with E-state index in [0.29, 0.717) is 0 Å². The number of fused-ring (bicyclic) bond motifs is 1. The molecule has 5 nitrogen and oxygen atoms in total. The summed E-state index contributed by atoms with van der Waals surface area (Å²) in [5, 5.41) is 0. The van der Waals surface area contributed by atoms with E-state index in [2.05, 4.69) is 40.2 Å². The van der Waals surface area contributed by atoms with E-state index in [4.69, 9.17) is 14.2 Å². The number of methoxy groups -OCH3 is 2. The third kappa shape index (κ3) is 3.70. The summed E-state index contributed by atoms with van der Waals surface area (Å²) in [6.45, 7) is 3.48. The molecule has 0 amide bonds. The highest BCUT2D eigenvalue weighted by Gasteiger charge is 2.31. The molecule has 142 valence electrons. The Hall–Kier alpha value is -2.37. The number of aromatic nitrogens is 1. The summed E-state index contributed by atoms with van der Waals surface area (Å²) in [4.78, 5) is 6.74. The number of nitrogens with zero attached hydrogens (tertiary/aromatic N) is 2. The maximum absolute atomic E-state index is 5.66. The van der Waals surface area contributed by atoms with Gasteiger partial charge in [-0.2, -0.15) is 0 Å². The van der Waals surface area contributed by atoms with Crippen molar-refractivity contribution in [2.24, 2.45) is 0 Å². The number of benzene rings is 1. The van der Waals surface area contributed by atoms with Gasteiger partial charge in [0.1, 0.15) is 0 Å². The average molecular weight is 366 g/mol. The van der Waals surface area contributed by atoms with Crippen LogP contribution in [0.5, 0.6) is 11.5 Å². The van der Waals surface area contributed by atoms with Crippen molar-refractivity contribution in [1.82, 2.24) is 9.88 Å². The lowest BCUT2D eigenvalue weighted by Crippen LogP contribution is -2.38. The zero-order chi connectivity index (χ0) is 18.6. The number of hydrogen-bond acceptors (Lipinski definition) is 5. The van der Waals surface area contributed by atoms with Crippen LogP contribution < -0.4 is 9.47 Å². The second-order valence-corrected chi connectivity index (χ2v) is 7.01. The summed E-state index contributed by atoms with van der Waals surface area (Å²) in [6, 6.07) is 8.64. The van der Waals surface area contributed by atoms with E-state index in [1.54, 1.807) is 14.2 Å². The largest absolute Gasteiger partial charge is 0.493 e. The van der Waals surface area contributed by atoms with E-state index in [9.17, 15) is 0 Å². The van der Waals surface area contributed by atoms with Crippen LogP contribution in [-0.4, -0.2) is 50.4 Å². The molecule has 0 unspecified atom stereocenters. The van der Waals surface area contributed by atoms with Crippen LogP contribution in [0.15, 0.2) is 48.3 Å². The van der Waals surface area contributed by atoms with E-state index in [0.717, 1.165) is 50.6 Å². The smallest absolute Gasteiger partial charge is 0.161 e. The first-order valence-corrected chi connectivity index (χ1v) is 9.44. The van der Waals surface area contributed by atoms with Crippen molar-refractivity contribution in [1.29, 1.82) is 0 Å². The minimum absolute atomic E-state index is 0.166. The van der Waals surface area contributed by atoms with E-state index in [-0.39, 0.29) is 6.04 Å². The SMILES string of the molecule is COc1cc2c(cc1OC)[C@H](c1ccncc1)N(CC1=CCCOC1)CC2. The fraction of sp³-hybridized carbons (Fsp3) is 0.409. The summed E-state index contributed by atoms with van der Waals surface area (Å²) >= 11 is 0. The molecule has 4 rings (SSSR count). The van der Waals surface area contributed by atoms with Gasteiger partial charge in [-0.15, -0.1) is 0 Å². The van der Waals surface area contributed by atoms with Gasteiger partial charge in [-0.3, -0.25) is 9.88 Å². The Balaban J connectivity index is 1.75. The predicted molar refractivity (Wildman–Crippen MR) is 104 cm³/mol. The van der Waals surface area contributed by atoms with Crippen molar-refractivity contribution in [3.63, 3.8) is 0 Å². The summed E-state index contributed by atoms with van der Waals surface area (Å²) in [6.07, 6.45) is 8.06. The number of ether oxygens (including phenoxy) is 3. The highest BCUT2D eigenvalue weighted by Crippen LogP contribution is 2.41.